The molecule has 0 aliphatic carbocycles. The Hall–Kier alpha value is -2.58. The lowest BCUT2D eigenvalue weighted by molar-refractivity contribution is -0.121. The summed E-state index contributed by atoms with van der Waals surface area (Å²) in [6.07, 6.45) is 1.99. The molecular weight excluding hydrogens is 342 g/mol. The molecule has 0 saturated heterocycles. The van der Waals surface area contributed by atoms with E-state index in [1.165, 1.54) is 18.0 Å². The van der Waals surface area contributed by atoms with E-state index in [9.17, 15) is 9.59 Å². The minimum atomic E-state index is -0.274. The van der Waals surface area contributed by atoms with Crippen molar-refractivity contribution in [3.8, 4) is 0 Å². The molecule has 0 bridgehead atoms. The van der Waals surface area contributed by atoms with E-state index in [0.29, 0.717) is 17.3 Å². The molecule has 0 aliphatic rings. The second-order valence-corrected chi connectivity index (χ2v) is 5.96. The van der Waals surface area contributed by atoms with E-state index in [-0.39, 0.29) is 30.6 Å². The Morgan fingerprint density at radius 1 is 1.16 bits per heavy atom. The first-order chi connectivity index (χ1) is 12.2. The predicted octanol–water partition coefficient (Wildman–Crippen LogP) is 2.23. The number of hydrogen-bond acceptors (Lipinski definition) is 6. The van der Waals surface area contributed by atoms with E-state index in [0.717, 1.165) is 5.69 Å². The van der Waals surface area contributed by atoms with Gasteiger partial charge in [0.2, 0.25) is 11.8 Å². The summed E-state index contributed by atoms with van der Waals surface area (Å²) < 4.78 is 5.49. The normalized spacial score (nSPS) is 10.8. The summed E-state index contributed by atoms with van der Waals surface area (Å²) in [5, 5.41) is 15.8. The molecule has 1 aromatic carbocycles. The summed E-state index contributed by atoms with van der Waals surface area (Å²) in [5.41, 5.74) is 3.09. The molecule has 8 heteroatoms. The number of nitrogens with one attached hydrogen (secondary N) is 2. The van der Waals surface area contributed by atoms with Crippen LogP contribution in [0.2, 0.25) is 0 Å². The fourth-order valence-electron chi connectivity index (χ4n) is 1.80. The van der Waals surface area contributed by atoms with Gasteiger partial charge >= 0.3 is 0 Å². The van der Waals surface area contributed by atoms with E-state index >= 15 is 0 Å². The molecule has 0 aliphatic heterocycles. The number of nitrogens with zero attached hydrogens (tertiary/aromatic N) is 1. The average molecular weight is 361 g/mol. The molecule has 2 rings (SSSR count). The van der Waals surface area contributed by atoms with Crippen molar-refractivity contribution in [2.45, 2.75) is 17.9 Å². The van der Waals surface area contributed by atoms with Gasteiger partial charge in [0.15, 0.2) is 5.09 Å². The summed E-state index contributed by atoms with van der Waals surface area (Å²) >= 11 is 1.26. The van der Waals surface area contributed by atoms with Gasteiger partial charge < -0.3 is 14.8 Å². The second-order valence-electron chi connectivity index (χ2n) is 4.98. The van der Waals surface area contributed by atoms with Crippen LogP contribution in [-0.2, 0) is 9.59 Å². The molecule has 1 aromatic heterocycles. The van der Waals surface area contributed by atoms with E-state index in [1.807, 2.05) is 30.3 Å². The second kappa shape index (κ2) is 10.3. The van der Waals surface area contributed by atoms with Crippen LogP contribution in [0.25, 0.3) is 0 Å². The number of rotatable bonds is 9. The standard InChI is InChI=1S/C17H19N3O4S/c21-10-4-7-15(22)20-18-11-14-8-9-17(24-14)25-12-16(23)19-13-5-2-1-3-6-13/h1-3,5-6,8-9,11,21H,4,7,10,12H2,(H,19,23)(H,20,22). The van der Waals surface area contributed by atoms with Crippen molar-refractivity contribution in [1.29, 1.82) is 0 Å². The first-order valence-corrected chi connectivity index (χ1v) is 8.66. The van der Waals surface area contributed by atoms with Crippen LogP contribution in [0.3, 0.4) is 0 Å². The summed E-state index contributed by atoms with van der Waals surface area (Å²) in [6, 6.07) is 12.6. The van der Waals surface area contributed by atoms with E-state index in [4.69, 9.17) is 9.52 Å². The maximum atomic E-state index is 11.9. The van der Waals surface area contributed by atoms with E-state index in [2.05, 4.69) is 15.8 Å². The highest BCUT2D eigenvalue weighted by Crippen LogP contribution is 2.20. The largest absolute Gasteiger partial charge is 0.449 e. The lowest BCUT2D eigenvalue weighted by Crippen LogP contribution is -2.17. The van der Waals surface area contributed by atoms with Gasteiger partial charge in [-0.3, -0.25) is 9.59 Å². The van der Waals surface area contributed by atoms with Gasteiger partial charge in [-0.2, -0.15) is 5.10 Å². The number of carbonyl (C=O) groups excluding carboxylic acids is 2. The topological polar surface area (TPSA) is 104 Å². The van der Waals surface area contributed by atoms with Gasteiger partial charge in [0.25, 0.3) is 0 Å². The van der Waals surface area contributed by atoms with Crippen LogP contribution in [0, 0.1) is 0 Å². The smallest absolute Gasteiger partial charge is 0.240 e. The molecule has 3 N–H and O–H groups in total. The SMILES string of the molecule is O=C(CCCO)NN=Cc1ccc(SCC(=O)Nc2ccccc2)o1. The third kappa shape index (κ3) is 7.23. The molecule has 7 nitrogen and oxygen atoms in total. The predicted molar refractivity (Wildman–Crippen MR) is 96.6 cm³/mol. The highest BCUT2D eigenvalue weighted by atomic mass is 32.2. The number of amides is 2. The quantitative estimate of drug-likeness (QED) is 0.361. The average Bonchev–Trinajstić information content (AvgIpc) is 3.07. The molecule has 0 fully saturated rings. The number of hydrogen-bond donors (Lipinski definition) is 3. The van der Waals surface area contributed by atoms with Crippen LogP contribution in [0.4, 0.5) is 5.69 Å². The maximum Gasteiger partial charge on any atom is 0.240 e. The van der Waals surface area contributed by atoms with E-state index in [1.54, 1.807) is 12.1 Å². The molecule has 0 radical (unpaired) electrons. The van der Waals surface area contributed by atoms with Crippen LogP contribution in [-0.4, -0.2) is 35.5 Å². The Morgan fingerprint density at radius 3 is 2.72 bits per heavy atom. The molecule has 25 heavy (non-hydrogen) atoms. The van der Waals surface area contributed by atoms with Crippen molar-refractivity contribution in [3.05, 3.63) is 48.2 Å². The molecule has 0 atom stereocenters. The number of aliphatic hydroxyl groups is 1. The van der Waals surface area contributed by atoms with Crippen molar-refractivity contribution in [2.24, 2.45) is 5.10 Å². The van der Waals surface area contributed by atoms with Gasteiger partial charge in [0, 0.05) is 18.7 Å². The highest BCUT2D eigenvalue weighted by molar-refractivity contribution is 7.99. The highest BCUT2D eigenvalue weighted by Gasteiger charge is 2.06. The van der Waals surface area contributed by atoms with Gasteiger partial charge in [-0.1, -0.05) is 30.0 Å². The number of anilines is 1. The molecular formula is C17H19N3O4S. The fraction of sp³-hybridized carbons (Fsp3) is 0.235. The van der Waals surface area contributed by atoms with Crippen molar-refractivity contribution >= 4 is 35.5 Å². The number of hydrazone groups is 1. The summed E-state index contributed by atoms with van der Waals surface area (Å²) in [4.78, 5) is 23.2. The molecule has 0 unspecified atom stereocenters. The number of aliphatic hydroxyl groups excluding tert-OH is 1. The molecule has 132 valence electrons. The first-order valence-electron chi connectivity index (χ1n) is 7.67. The van der Waals surface area contributed by atoms with Crippen LogP contribution in [0.15, 0.2) is 57.1 Å². The fourth-order valence-corrected chi connectivity index (χ4v) is 2.46. The Balaban J connectivity index is 1.73. The Bertz CT molecular complexity index is 716. The molecule has 1 heterocycles. The van der Waals surface area contributed by atoms with Gasteiger partial charge in [-0.15, -0.1) is 0 Å². The summed E-state index contributed by atoms with van der Waals surface area (Å²) in [7, 11) is 0. The Morgan fingerprint density at radius 2 is 1.96 bits per heavy atom. The third-order valence-corrected chi connectivity index (χ3v) is 3.86. The third-order valence-electron chi connectivity index (χ3n) is 2.95. The number of thioether (sulfide) groups is 1. The molecule has 2 aromatic rings. The van der Waals surface area contributed by atoms with Crippen molar-refractivity contribution < 1.29 is 19.1 Å². The maximum absolute atomic E-state index is 11.9. The molecule has 2 amide bonds. The monoisotopic (exact) mass is 361 g/mol. The first kappa shape index (κ1) is 18.8. The molecule has 0 saturated carbocycles. The number of carbonyl (C=O) groups is 2. The Kier molecular flexibility index (Phi) is 7.74. The van der Waals surface area contributed by atoms with Crippen LogP contribution in [0.5, 0.6) is 0 Å². The van der Waals surface area contributed by atoms with Gasteiger partial charge in [0.1, 0.15) is 5.76 Å². The number of benzene rings is 1. The van der Waals surface area contributed by atoms with Crippen molar-refractivity contribution in [2.75, 3.05) is 17.7 Å². The zero-order chi connectivity index (χ0) is 17.9. The summed E-state index contributed by atoms with van der Waals surface area (Å²) in [5.74, 6) is 0.285. The van der Waals surface area contributed by atoms with Crippen molar-refractivity contribution in [1.82, 2.24) is 5.43 Å². The zero-order valence-electron chi connectivity index (χ0n) is 13.5. The van der Waals surface area contributed by atoms with Gasteiger partial charge in [-0.05, 0) is 30.7 Å². The zero-order valence-corrected chi connectivity index (χ0v) is 14.3. The van der Waals surface area contributed by atoms with Crippen LogP contribution >= 0.6 is 11.8 Å². The van der Waals surface area contributed by atoms with Crippen LogP contribution in [0.1, 0.15) is 18.6 Å². The summed E-state index contributed by atoms with van der Waals surface area (Å²) in [6.45, 7) is -0.0340. The van der Waals surface area contributed by atoms with Crippen LogP contribution < -0.4 is 10.7 Å². The van der Waals surface area contributed by atoms with Crippen molar-refractivity contribution in [3.63, 3.8) is 0 Å². The van der Waals surface area contributed by atoms with Gasteiger partial charge in [-0.25, -0.2) is 5.43 Å². The van der Waals surface area contributed by atoms with E-state index < -0.39 is 0 Å². The lowest BCUT2D eigenvalue weighted by atomic mass is 10.3. The Labute approximate surface area is 149 Å². The number of para-hydroxylation sites is 1. The minimum absolute atomic E-state index is 0.0340. The molecule has 0 spiro atoms. The minimum Gasteiger partial charge on any atom is -0.449 e. The lowest BCUT2D eigenvalue weighted by Gasteiger charge is -2.03. The number of furan rings is 1. The van der Waals surface area contributed by atoms with Gasteiger partial charge in [0.05, 0.1) is 12.0 Å².